The maximum Gasteiger partial charge on any atom is 0.134 e. The lowest BCUT2D eigenvalue weighted by atomic mass is 9.69. The van der Waals surface area contributed by atoms with E-state index in [2.05, 4.69) is 33.0 Å². The van der Waals surface area contributed by atoms with Gasteiger partial charge in [0.25, 0.3) is 0 Å². The van der Waals surface area contributed by atoms with Gasteiger partial charge >= 0.3 is 0 Å². The fraction of sp³-hybridized carbons (Fsp3) is 0.917. The van der Waals surface area contributed by atoms with Crippen molar-refractivity contribution in [1.82, 2.24) is 5.32 Å². The monoisotopic (exact) mass is 197 g/mol. The van der Waals surface area contributed by atoms with Gasteiger partial charge in [0.2, 0.25) is 0 Å². The summed E-state index contributed by atoms with van der Waals surface area (Å²) in [7, 11) is 0. The van der Waals surface area contributed by atoms with Gasteiger partial charge in [-0.3, -0.25) is 4.79 Å². The molecule has 0 amide bonds. The molecule has 0 aromatic rings. The highest BCUT2D eigenvalue weighted by atomic mass is 16.1. The molecule has 1 aliphatic carbocycles. The fourth-order valence-corrected chi connectivity index (χ4v) is 2.52. The molecule has 1 saturated carbocycles. The third-order valence-corrected chi connectivity index (χ3v) is 3.25. The van der Waals surface area contributed by atoms with E-state index < -0.39 is 0 Å². The molecule has 82 valence electrons. The van der Waals surface area contributed by atoms with E-state index in [1.165, 1.54) is 0 Å². The first-order valence-corrected chi connectivity index (χ1v) is 5.70. The molecule has 0 bridgehead atoms. The summed E-state index contributed by atoms with van der Waals surface area (Å²) < 4.78 is 0. The first-order valence-electron chi connectivity index (χ1n) is 5.70. The lowest BCUT2D eigenvalue weighted by Gasteiger charge is -2.40. The number of Topliss-reactive ketones (excluding diaryl/α,β-unsaturated/α-hetero) is 1. The van der Waals surface area contributed by atoms with Gasteiger partial charge in [-0.15, -0.1) is 0 Å². The highest BCUT2D eigenvalue weighted by Gasteiger charge is 2.36. The Kier molecular flexibility index (Phi) is 3.71. The van der Waals surface area contributed by atoms with Crippen LogP contribution in [0.4, 0.5) is 0 Å². The summed E-state index contributed by atoms with van der Waals surface area (Å²) in [6.45, 7) is 9.90. The average Bonchev–Trinajstić information content (AvgIpc) is 2.02. The number of nitrogens with one attached hydrogen (secondary N) is 1. The second-order valence-corrected chi connectivity index (χ2v) is 5.42. The number of ketones is 1. The van der Waals surface area contributed by atoms with E-state index in [1.807, 2.05) is 0 Å². The van der Waals surface area contributed by atoms with Crippen LogP contribution in [0.15, 0.2) is 0 Å². The van der Waals surface area contributed by atoms with Crippen LogP contribution in [-0.4, -0.2) is 18.4 Å². The molecule has 0 saturated heterocycles. The van der Waals surface area contributed by atoms with Gasteiger partial charge in [0.05, 0.1) is 0 Å². The second-order valence-electron chi connectivity index (χ2n) is 5.42. The van der Waals surface area contributed by atoms with E-state index in [1.54, 1.807) is 0 Å². The minimum atomic E-state index is 0.313. The van der Waals surface area contributed by atoms with Crippen LogP contribution >= 0.6 is 0 Å². The van der Waals surface area contributed by atoms with Gasteiger partial charge in [-0.1, -0.05) is 27.7 Å². The van der Waals surface area contributed by atoms with Crippen LogP contribution in [0.25, 0.3) is 0 Å². The third kappa shape index (κ3) is 2.81. The van der Waals surface area contributed by atoms with Crippen molar-refractivity contribution in [3.05, 3.63) is 0 Å². The first-order chi connectivity index (χ1) is 6.45. The molecule has 0 aliphatic heterocycles. The van der Waals surface area contributed by atoms with Crippen molar-refractivity contribution < 1.29 is 4.79 Å². The topological polar surface area (TPSA) is 29.1 Å². The van der Waals surface area contributed by atoms with Crippen molar-refractivity contribution in [3.8, 4) is 0 Å². The lowest BCUT2D eigenvalue weighted by Crippen LogP contribution is -2.46. The predicted octanol–water partition coefficient (Wildman–Crippen LogP) is 2.38. The molecule has 14 heavy (non-hydrogen) atoms. The maximum atomic E-state index is 11.4. The van der Waals surface area contributed by atoms with Gasteiger partial charge in [-0.05, 0) is 24.3 Å². The summed E-state index contributed by atoms with van der Waals surface area (Å²) in [5.74, 6) is 1.07. The largest absolute Gasteiger partial charge is 0.314 e. The molecule has 0 radical (unpaired) electrons. The summed E-state index contributed by atoms with van der Waals surface area (Å²) in [5, 5.41) is 3.45. The molecule has 2 atom stereocenters. The van der Waals surface area contributed by atoms with Crippen molar-refractivity contribution in [2.45, 2.75) is 53.0 Å². The minimum absolute atomic E-state index is 0.313. The van der Waals surface area contributed by atoms with Crippen LogP contribution in [0.2, 0.25) is 0 Å². The smallest absolute Gasteiger partial charge is 0.134 e. The Morgan fingerprint density at radius 2 is 2.07 bits per heavy atom. The fourth-order valence-electron chi connectivity index (χ4n) is 2.52. The summed E-state index contributed by atoms with van der Waals surface area (Å²) in [6.07, 6.45) is 2.57. The lowest BCUT2D eigenvalue weighted by molar-refractivity contribution is -0.122. The zero-order chi connectivity index (χ0) is 10.8. The van der Waals surface area contributed by atoms with E-state index in [-0.39, 0.29) is 0 Å². The summed E-state index contributed by atoms with van der Waals surface area (Å²) in [5.41, 5.74) is 0.313. The van der Waals surface area contributed by atoms with Crippen LogP contribution in [0.1, 0.15) is 47.0 Å². The number of carbonyl (C=O) groups is 1. The normalized spacial score (nSPS) is 29.3. The van der Waals surface area contributed by atoms with E-state index in [0.717, 1.165) is 25.8 Å². The molecule has 1 N–H and O–H groups in total. The van der Waals surface area contributed by atoms with Crippen molar-refractivity contribution in [1.29, 1.82) is 0 Å². The van der Waals surface area contributed by atoms with Crippen molar-refractivity contribution in [2.24, 2.45) is 11.3 Å². The molecule has 0 aromatic heterocycles. The number of carbonyl (C=O) groups excluding carboxylic acids is 1. The summed E-state index contributed by atoms with van der Waals surface area (Å²) >= 11 is 0. The quantitative estimate of drug-likeness (QED) is 0.736. The third-order valence-electron chi connectivity index (χ3n) is 3.25. The molecule has 2 unspecified atom stereocenters. The van der Waals surface area contributed by atoms with Gasteiger partial charge in [-0.25, -0.2) is 0 Å². The highest BCUT2D eigenvalue weighted by molar-refractivity contribution is 5.79. The average molecular weight is 197 g/mol. The second kappa shape index (κ2) is 4.43. The van der Waals surface area contributed by atoms with Gasteiger partial charge < -0.3 is 5.32 Å². The SMILES string of the molecule is CCNC1CC(=O)CCC1C(C)(C)C. The zero-order valence-corrected chi connectivity index (χ0v) is 9.89. The van der Waals surface area contributed by atoms with Crippen molar-refractivity contribution in [3.63, 3.8) is 0 Å². The molecule has 1 fully saturated rings. The van der Waals surface area contributed by atoms with Crippen LogP contribution in [0, 0.1) is 11.3 Å². The number of hydrogen-bond acceptors (Lipinski definition) is 2. The molecule has 0 spiro atoms. The van der Waals surface area contributed by atoms with Crippen molar-refractivity contribution in [2.75, 3.05) is 6.54 Å². The standard InChI is InChI=1S/C12H23NO/c1-5-13-11-8-9(14)6-7-10(11)12(2,3)4/h10-11,13H,5-8H2,1-4H3. The number of rotatable bonds is 2. The predicted molar refractivity (Wildman–Crippen MR) is 59.3 cm³/mol. The highest BCUT2D eigenvalue weighted by Crippen LogP contribution is 2.36. The molecule has 0 heterocycles. The van der Waals surface area contributed by atoms with Gasteiger partial charge in [-0.2, -0.15) is 0 Å². The zero-order valence-electron chi connectivity index (χ0n) is 9.89. The number of hydrogen-bond donors (Lipinski definition) is 1. The molecule has 2 nitrogen and oxygen atoms in total. The molecule has 0 aromatic carbocycles. The Bertz CT molecular complexity index is 205. The first kappa shape index (κ1) is 11.7. The Balaban J connectivity index is 2.67. The van der Waals surface area contributed by atoms with Crippen LogP contribution < -0.4 is 5.32 Å². The van der Waals surface area contributed by atoms with E-state index in [9.17, 15) is 4.79 Å². The molecular weight excluding hydrogens is 174 g/mol. The molecular formula is C12H23NO. The van der Waals surface area contributed by atoms with Gasteiger partial charge in [0.1, 0.15) is 5.78 Å². The van der Waals surface area contributed by atoms with E-state index in [0.29, 0.717) is 23.2 Å². The molecule has 1 rings (SSSR count). The van der Waals surface area contributed by atoms with Gasteiger partial charge in [0, 0.05) is 18.9 Å². The Labute approximate surface area is 87.5 Å². The summed E-state index contributed by atoms with van der Waals surface area (Å²) in [4.78, 5) is 11.4. The Morgan fingerprint density at radius 1 is 1.43 bits per heavy atom. The Morgan fingerprint density at radius 3 is 2.57 bits per heavy atom. The van der Waals surface area contributed by atoms with Crippen molar-refractivity contribution >= 4 is 5.78 Å². The molecule has 1 aliphatic rings. The van der Waals surface area contributed by atoms with Crippen LogP contribution in [-0.2, 0) is 4.79 Å². The van der Waals surface area contributed by atoms with Gasteiger partial charge in [0.15, 0.2) is 0 Å². The minimum Gasteiger partial charge on any atom is -0.314 e. The van der Waals surface area contributed by atoms with E-state index in [4.69, 9.17) is 0 Å². The maximum absolute atomic E-state index is 11.4. The van der Waals surface area contributed by atoms with Crippen LogP contribution in [0.5, 0.6) is 0 Å². The summed E-state index contributed by atoms with van der Waals surface area (Å²) in [6, 6.07) is 0.404. The Hall–Kier alpha value is -0.370. The van der Waals surface area contributed by atoms with E-state index >= 15 is 0 Å². The molecule has 2 heteroatoms. The van der Waals surface area contributed by atoms with Crippen LogP contribution in [0.3, 0.4) is 0 Å².